The number of benzene rings is 4. The molecule has 65 heavy (non-hydrogen) atoms. The fraction of sp³-hybridized carbons (Fsp3) is 0.444. The molecule has 6 atom stereocenters. The van der Waals surface area contributed by atoms with E-state index >= 15 is 0 Å². The van der Waals surface area contributed by atoms with Crippen molar-refractivity contribution in [2.45, 2.75) is 82.3 Å². The zero-order chi connectivity index (χ0) is 45.0. The highest BCUT2D eigenvalue weighted by molar-refractivity contribution is 6.03. The molecule has 2 N–H and O–H groups in total. The molecule has 0 aromatic heterocycles. The van der Waals surface area contributed by atoms with Crippen LogP contribution in [0.5, 0.6) is 11.5 Å². The summed E-state index contributed by atoms with van der Waals surface area (Å²) in [6.07, 6.45) is 10.8. The number of nitrogens with zero attached hydrogens (tertiary/aromatic N) is 3. The molecule has 4 aromatic rings. The van der Waals surface area contributed by atoms with Gasteiger partial charge in [0.25, 0.3) is 0 Å². The number of unbranched alkanes of at least 4 members (excludes halogenated alkanes) is 2. The second-order valence-corrected chi connectivity index (χ2v) is 17.7. The van der Waals surface area contributed by atoms with Crippen LogP contribution in [0.15, 0.2) is 133 Å². The number of hydrogen-bond acceptors (Lipinski definition) is 10. The third-order valence-corrected chi connectivity index (χ3v) is 13.5. The molecule has 0 radical (unpaired) electrons. The predicted octanol–water partition coefficient (Wildman–Crippen LogP) is 9.58. The van der Waals surface area contributed by atoms with E-state index in [2.05, 4.69) is 54.5 Å². The molecule has 4 aliphatic rings. The van der Waals surface area contributed by atoms with Crippen molar-refractivity contribution in [3.8, 4) is 11.5 Å². The zero-order valence-electron chi connectivity index (χ0n) is 37.6. The molecule has 11 heteroatoms. The summed E-state index contributed by atoms with van der Waals surface area (Å²) in [7, 11) is 0. The van der Waals surface area contributed by atoms with Gasteiger partial charge in [-0.05, 0) is 89.6 Å². The van der Waals surface area contributed by atoms with Gasteiger partial charge in [0.1, 0.15) is 30.8 Å². The van der Waals surface area contributed by atoms with Crippen molar-refractivity contribution in [2.75, 3.05) is 52.7 Å². The van der Waals surface area contributed by atoms with Crippen LogP contribution in [0, 0.1) is 17.8 Å². The van der Waals surface area contributed by atoms with E-state index in [0.29, 0.717) is 31.6 Å². The number of hydrogen-bond donors (Lipinski definition) is 2. The first kappa shape index (κ1) is 46.1. The van der Waals surface area contributed by atoms with E-state index < -0.39 is 23.8 Å². The average Bonchev–Trinajstić information content (AvgIpc) is 4.16. The van der Waals surface area contributed by atoms with Gasteiger partial charge in [-0.2, -0.15) is 0 Å². The lowest BCUT2D eigenvalue weighted by atomic mass is 9.55. The van der Waals surface area contributed by atoms with Crippen LogP contribution < -0.4 is 9.47 Å². The van der Waals surface area contributed by atoms with Crippen molar-refractivity contribution < 1.29 is 38.8 Å². The highest BCUT2D eigenvalue weighted by atomic mass is 16.7. The van der Waals surface area contributed by atoms with Gasteiger partial charge in [0.15, 0.2) is 0 Å². The molecule has 0 unspecified atom stereocenters. The smallest absolute Gasteiger partial charge is 0.410 e. The number of rotatable bonds is 24. The minimum atomic E-state index is -1.44. The number of allylic oxidation sites excluding steroid dienone is 1. The number of carbonyl (C=O) groups is 1. The van der Waals surface area contributed by atoms with E-state index in [1.807, 2.05) is 60.7 Å². The Hall–Kier alpha value is -5.46. The molecule has 2 heterocycles. The van der Waals surface area contributed by atoms with Crippen LogP contribution in [-0.2, 0) is 27.5 Å². The lowest BCUT2D eigenvalue weighted by molar-refractivity contribution is -0.256. The van der Waals surface area contributed by atoms with Crippen molar-refractivity contribution in [3.05, 3.63) is 145 Å². The molecule has 4 aromatic carbocycles. The standard InChI is InChI=1S/C54H65N3O8/c1-3-5-32-62-53(60)57(37-42-21-15-20-40-18-9-10-22-44(40)42)50-36-48(55-64-38-39-16-7-6-8-17-39)46-34-41(19-11-13-29-58)45(23-12-14-30-59)51-47-35-43(61-33-28-56-26-27-56)24-25-49(47)65-54(50,52(46)51)63-31-4-2/h3-4,6-10,15-18,20-22,24-25,34-35,41,45,50-52,58-59H,1-2,5,11-14,19,23,26-33,36-38H2/t41-,45+,50-,51+,52+,54+/m0/s1. The maximum absolute atomic E-state index is 15.0. The molecule has 8 rings (SSSR count). The van der Waals surface area contributed by atoms with Gasteiger partial charge < -0.3 is 34.0 Å². The van der Waals surface area contributed by atoms with Crippen LogP contribution in [0.25, 0.3) is 10.8 Å². The first-order chi connectivity index (χ1) is 32.0. The van der Waals surface area contributed by atoms with Gasteiger partial charge in [-0.1, -0.05) is 109 Å². The van der Waals surface area contributed by atoms with Crippen LogP contribution in [0.4, 0.5) is 4.79 Å². The predicted molar refractivity (Wildman–Crippen MR) is 254 cm³/mol. The molecule has 0 bridgehead atoms. The van der Waals surface area contributed by atoms with Crippen molar-refractivity contribution in [1.82, 2.24) is 9.80 Å². The van der Waals surface area contributed by atoms with Gasteiger partial charge in [0.2, 0.25) is 5.79 Å². The summed E-state index contributed by atoms with van der Waals surface area (Å²) >= 11 is 0. The summed E-state index contributed by atoms with van der Waals surface area (Å²) in [5, 5.41) is 27.1. The van der Waals surface area contributed by atoms with E-state index in [9.17, 15) is 15.0 Å². The summed E-state index contributed by atoms with van der Waals surface area (Å²) in [5.41, 5.74) is 4.65. The number of amides is 1. The van der Waals surface area contributed by atoms with E-state index in [-0.39, 0.29) is 63.8 Å². The Bertz CT molecular complexity index is 2290. The van der Waals surface area contributed by atoms with Crippen molar-refractivity contribution in [2.24, 2.45) is 22.9 Å². The van der Waals surface area contributed by atoms with Gasteiger partial charge in [-0.3, -0.25) is 9.80 Å². The summed E-state index contributed by atoms with van der Waals surface area (Å²) in [5.74, 6) is -0.477. The number of carbonyl (C=O) groups excluding carboxylic acids is 1. The number of aliphatic hydroxyl groups is 2. The fourth-order valence-corrected chi connectivity index (χ4v) is 10.3. The Labute approximate surface area is 384 Å². The van der Waals surface area contributed by atoms with Crippen LogP contribution in [0.3, 0.4) is 0 Å². The van der Waals surface area contributed by atoms with Gasteiger partial charge in [-0.15, -0.1) is 13.2 Å². The minimum absolute atomic E-state index is 0.0764. The molecule has 2 fully saturated rings. The van der Waals surface area contributed by atoms with Gasteiger partial charge in [0, 0.05) is 50.8 Å². The van der Waals surface area contributed by atoms with Gasteiger partial charge >= 0.3 is 6.09 Å². The quantitative estimate of drug-likeness (QED) is 0.0307. The second-order valence-electron chi connectivity index (χ2n) is 17.7. The molecular weight excluding hydrogens is 819 g/mol. The SMILES string of the molecule is C=CCCOC(=O)N(Cc1cccc2ccccc12)[C@H]1CC(=NOCc2ccccc2)C2=C[C@H](CCCCO)[C@@H](CCCCO)[C@@H]3c4cc(OCCN5CC5)ccc4O[C@@]1(OCC=C)[C@H]23. The normalized spacial score (nSPS) is 23.7. The summed E-state index contributed by atoms with van der Waals surface area (Å²) in [4.78, 5) is 25.4. The van der Waals surface area contributed by atoms with Crippen molar-refractivity contribution in [1.29, 1.82) is 0 Å². The lowest BCUT2D eigenvalue weighted by Crippen LogP contribution is -2.70. The Kier molecular flexibility index (Phi) is 15.7. The fourth-order valence-electron chi connectivity index (χ4n) is 10.3. The second kappa shape index (κ2) is 22.2. The first-order valence-electron chi connectivity index (χ1n) is 23.6. The maximum Gasteiger partial charge on any atom is 0.410 e. The van der Waals surface area contributed by atoms with Crippen LogP contribution in [-0.4, -0.2) is 96.3 Å². The van der Waals surface area contributed by atoms with Gasteiger partial charge in [-0.25, -0.2) is 4.79 Å². The molecular formula is C54H65N3O8. The summed E-state index contributed by atoms with van der Waals surface area (Å²) in [6, 6.07) is 29.7. The Morgan fingerprint density at radius 1 is 0.908 bits per heavy atom. The van der Waals surface area contributed by atoms with Gasteiger partial charge in [0.05, 0.1) is 31.4 Å². The topological polar surface area (TPSA) is 122 Å². The third kappa shape index (κ3) is 10.7. The zero-order valence-corrected chi connectivity index (χ0v) is 37.6. The van der Waals surface area contributed by atoms with Crippen LogP contribution in [0.2, 0.25) is 0 Å². The summed E-state index contributed by atoms with van der Waals surface area (Å²) in [6.45, 7) is 12.6. The van der Waals surface area contributed by atoms with E-state index in [1.165, 1.54) is 0 Å². The molecule has 11 nitrogen and oxygen atoms in total. The molecule has 2 aliphatic carbocycles. The molecule has 1 saturated heterocycles. The molecule has 344 valence electrons. The number of aliphatic hydroxyl groups excluding tert-OH is 2. The highest BCUT2D eigenvalue weighted by Crippen LogP contribution is 2.62. The molecule has 2 aliphatic heterocycles. The summed E-state index contributed by atoms with van der Waals surface area (Å²) < 4.78 is 27.3. The first-order valence-corrected chi connectivity index (χ1v) is 23.6. The largest absolute Gasteiger partial charge is 0.492 e. The van der Waals surface area contributed by atoms with E-state index in [4.69, 9.17) is 28.9 Å². The van der Waals surface area contributed by atoms with Crippen LogP contribution in [0.1, 0.15) is 74.0 Å². The van der Waals surface area contributed by atoms with E-state index in [1.54, 1.807) is 17.1 Å². The monoisotopic (exact) mass is 883 g/mol. The minimum Gasteiger partial charge on any atom is -0.492 e. The number of fused-ring (bicyclic) bond motifs is 3. The molecule has 1 saturated carbocycles. The van der Waals surface area contributed by atoms with E-state index in [0.717, 1.165) is 89.8 Å². The van der Waals surface area contributed by atoms with Crippen molar-refractivity contribution in [3.63, 3.8) is 0 Å². The molecule has 1 amide bonds. The molecule has 0 spiro atoms. The lowest BCUT2D eigenvalue weighted by Gasteiger charge is -2.60. The Morgan fingerprint density at radius 2 is 1.69 bits per heavy atom. The maximum atomic E-state index is 15.0. The number of ether oxygens (including phenoxy) is 4. The van der Waals surface area contributed by atoms with Crippen molar-refractivity contribution >= 4 is 22.6 Å². The third-order valence-electron chi connectivity index (χ3n) is 13.5. The average molecular weight is 884 g/mol. The number of oxime groups is 1. The highest BCUT2D eigenvalue weighted by Gasteiger charge is 2.65. The van der Waals surface area contributed by atoms with Crippen LogP contribution >= 0.6 is 0 Å². The Morgan fingerprint density at radius 3 is 2.48 bits per heavy atom. The Balaban J connectivity index is 1.33.